The van der Waals surface area contributed by atoms with Gasteiger partial charge in [-0.05, 0) is 60.5 Å². The van der Waals surface area contributed by atoms with Crippen molar-refractivity contribution in [1.82, 2.24) is 9.97 Å². The van der Waals surface area contributed by atoms with E-state index >= 15 is 0 Å². The van der Waals surface area contributed by atoms with Crippen molar-refractivity contribution in [1.29, 1.82) is 0 Å². The predicted octanol–water partition coefficient (Wildman–Crippen LogP) is 5.38. The Morgan fingerprint density at radius 3 is 2.64 bits per heavy atom. The molecule has 0 radical (unpaired) electrons. The maximum Gasteiger partial charge on any atom is 0.229 e. The minimum absolute atomic E-state index is 0.0281. The molecule has 2 aromatic heterocycles. The van der Waals surface area contributed by atoms with Crippen molar-refractivity contribution in [3.05, 3.63) is 82.8 Å². The number of thiazole rings is 1. The first-order valence-corrected chi connectivity index (χ1v) is 13.3. The van der Waals surface area contributed by atoms with Crippen LogP contribution in [0.25, 0.3) is 10.2 Å². The van der Waals surface area contributed by atoms with Gasteiger partial charge in [0.05, 0.1) is 27.4 Å². The highest BCUT2D eigenvalue weighted by Gasteiger charge is 2.22. The van der Waals surface area contributed by atoms with Crippen LogP contribution in [0.3, 0.4) is 0 Å². The monoisotopic (exact) mass is 547 g/mol. The Morgan fingerprint density at radius 1 is 1.12 bits per heavy atom. The number of carbonyl (C=O) groups excluding carboxylic acids is 1. The largest absolute Gasteiger partial charge is 0.284 e. The summed E-state index contributed by atoms with van der Waals surface area (Å²) in [5, 5.41) is 0.540. The molecule has 10 heteroatoms. The standard InChI is InChI=1S/C23H19BrFN3O3S2/c24-17-5-10-20-21(13-17)32-23(27-20)28(15-16-3-1-11-26-14-16)22(29)4-2-12-33(30,31)19-8-6-18(25)7-9-19/h1,3,5-11,13-14H,2,4,12,15H2. The fourth-order valence-corrected chi connectivity index (χ4v) is 6.09. The number of nitrogens with zero attached hydrogens (tertiary/aromatic N) is 3. The number of carbonyl (C=O) groups is 1. The Kier molecular flexibility index (Phi) is 7.16. The lowest BCUT2D eigenvalue weighted by molar-refractivity contribution is -0.118. The summed E-state index contributed by atoms with van der Waals surface area (Å²) < 4.78 is 40.0. The molecule has 0 unspecified atom stereocenters. The van der Waals surface area contributed by atoms with Crippen LogP contribution in [0.15, 0.2) is 76.4 Å². The molecular weight excluding hydrogens is 529 g/mol. The smallest absolute Gasteiger partial charge is 0.229 e. The second-order valence-electron chi connectivity index (χ2n) is 7.33. The number of amides is 1. The fourth-order valence-electron chi connectivity index (χ4n) is 3.25. The number of hydrogen-bond donors (Lipinski definition) is 0. The van der Waals surface area contributed by atoms with Gasteiger partial charge in [-0.2, -0.15) is 0 Å². The van der Waals surface area contributed by atoms with Gasteiger partial charge in [0.2, 0.25) is 5.91 Å². The Balaban J connectivity index is 1.52. The van der Waals surface area contributed by atoms with Gasteiger partial charge in [-0.25, -0.2) is 17.8 Å². The first-order chi connectivity index (χ1) is 15.8. The molecule has 4 rings (SSSR count). The van der Waals surface area contributed by atoms with Crippen LogP contribution in [-0.4, -0.2) is 30.0 Å². The van der Waals surface area contributed by atoms with Gasteiger partial charge in [0.1, 0.15) is 5.82 Å². The molecule has 0 bridgehead atoms. The second-order valence-corrected chi connectivity index (χ2v) is 11.4. The molecule has 0 aliphatic rings. The lowest BCUT2D eigenvalue weighted by Crippen LogP contribution is -2.30. The minimum atomic E-state index is -3.61. The molecule has 2 aromatic carbocycles. The Hall–Kier alpha value is -2.69. The molecule has 0 fully saturated rings. The zero-order valence-electron chi connectivity index (χ0n) is 17.3. The zero-order chi connectivity index (χ0) is 23.4. The van der Waals surface area contributed by atoms with Crippen molar-refractivity contribution in [3.8, 4) is 0 Å². The van der Waals surface area contributed by atoms with E-state index in [2.05, 4.69) is 25.9 Å². The third-order valence-electron chi connectivity index (χ3n) is 4.91. The van der Waals surface area contributed by atoms with E-state index in [1.54, 1.807) is 23.4 Å². The van der Waals surface area contributed by atoms with Gasteiger partial charge < -0.3 is 0 Å². The van der Waals surface area contributed by atoms with E-state index in [0.717, 1.165) is 32.4 Å². The van der Waals surface area contributed by atoms with Crippen LogP contribution in [0, 0.1) is 5.82 Å². The van der Waals surface area contributed by atoms with Crippen LogP contribution in [0.2, 0.25) is 0 Å². The van der Waals surface area contributed by atoms with E-state index in [1.165, 1.54) is 23.5 Å². The van der Waals surface area contributed by atoms with E-state index in [-0.39, 0.29) is 35.9 Å². The van der Waals surface area contributed by atoms with Crippen LogP contribution in [0.5, 0.6) is 0 Å². The molecule has 0 N–H and O–H groups in total. The third kappa shape index (κ3) is 5.82. The summed E-state index contributed by atoms with van der Waals surface area (Å²) in [4.78, 5) is 23.5. The Bertz CT molecular complexity index is 1380. The summed E-state index contributed by atoms with van der Waals surface area (Å²) >= 11 is 4.84. The highest BCUT2D eigenvalue weighted by Crippen LogP contribution is 2.32. The number of aromatic nitrogens is 2. The molecule has 4 aromatic rings. The maximum absolute atomic E-state index is 13.2. The number of rotatable bonds is 8. The highest BCUT2D eigenvalue weighted by atomic mass is 79.9. The maximum atomic E-state index is 13.2. The van der Waals surface area contributed by atoms with Crippen molar-refractivity contribution in [2.24, 2.45) is 0 Å². The molecule has 170 valence electrons. The minimum Gasteiger partial charge on any atom is -0.284 e. The van der Waals surface area contributed by atoms with E-state index in [9.17, 15) is 17.6 Å². The molecular formula is C23H19BrFN3O3S2. The van der Waals surface area contributed by atoms with Crippen molar-refractivity contribution in [3.63, 3.8) is 0 Å². The topological polar surface area (TPSA) is 80.2 Å². The number of sulfone groups is 1. The van der Waals surface area contributed by atoms with Gasteiger partial charge in [0, 0.05) is 23.3 Å². The highest BCUT2D eigenvalue weighted by molar-refractivity contribution is 9.10. The van der Waals surface area contributed by atoms with E-state index in [4.69, 9.17) is 0 Å². The van der Waals surface area contributed by atoms with Gasteiger partial charge >= 0.3 is 0 Å². The molecule has 0 aliphatic heterocycles. The van der Waals surface area contributed by atoms with Gasteiger partial charge in [-0.3, -0.25) is 14.7 Å². The van der Waals surface area contributed by atoms with Crippen molar-refractivity contribution in [2.45, 2.75) is 24.3 Å². The number of benzene rings is 2. The SMILES string of the molecule is O=C(CCCS(=O)(=O)c1ccc(F)cc1)N(Cc1cccnc1)c1nc2ccc(Br)cc2s1. The molecule has 6 nitrogen and oxygen atoms in total. The lowest BCUT2D eigenvalue weighted by Gasteiger charge is -2.20. The molecule has 0 atom stereocenters. The molecule has 1 amide bonds. The van der Waals surface area contributed by atoms with Crippen LogP contribution >= 0.6 is 27.3 Å². The number of fused-ring (bicyclic) bond motifs is 1. The summed E-state index contributed by atoms with van der Waals surface area (Å²) in [6.45, 7) is 0.276. The average molecular weight is 548 g/mol. The van der Waals surface area contributed by atoms with Gasteiger partial charge in [-0.15, -0.1) is 0 Å². The second kappa shape index (κ2) is 10.1. The summed E-state index contributed by atoms with van der Waals surface area (Å²) in [5.41, 5.74) is 1.62. The van der Waals surface area contributed by atoms with Gasteiger partial charge in [0.15, 0.2) is 15.0 Å². The van der Waals surface area contributed by atoms with Crippen molar-refractivity contribution < 1.29 is 17.6 Å². The predicted molar refractivity (Wildman–Crippen MR) is 130 cm³/mol. The average Bonchev–Trinajstić information content (AvgIpc) is 3.21. The Labute approximate surface area is 203 Å². The summed E-state index contributed by atoms with van der Waals surface area (Å²) in [5.74, 6) is -0.943. The summed E-state index contributed by atoms with van der Waals surface area (Å²) in [6.07, 6.45) is 3.51. The number of pyridine rings is 1. The summed E-state index contributed by atoms with van der Waals surface area (Å²) in [7, 11) is -3.61. The van der Waals surface area contributed by atoms with E-state index in [0.29, 0.717) is 5.13 Å². The normalized spacial score (nSPS) is 11.6. The van der Waals surface area contributed by atoms with Crippen LogP contribution in [0.1, 0.15) is 18.4 Å². The number of hydrogen-bond acceptors (Lipinski definition) is 6. The molecule has 0 aliphatic carbocycles. The number of anilines is 1. The molecule has 33 heavy (non-hydrogen) atoms. The van der Waals surface area contributed by atoms with Gasteiger partial charge in [0.25, 0.3) is 0 Å². The zero-order valence-corrected chi connectivity index (χ0v) is 20.5. The van der Waals surface area contributed by atoms with Crippen LogP contribution in [-0.2, 0) is 21.2 Å². The molecule has 2 heterocycles. The quantitative estimate of drug-likeness (QED) is 0.276. The van der Waals surface area contributed by atoms with Crippen LogP contribution in [0.4, 0.5) is 9.52 Å². The first-order valence-electron chi connectivity index (χ1n) is 10.1. The Morgan fingerprint density at radius 2 is 1.91 bits per heavy atom. The number of halogens is 2. The molecule has 0 spiro atoms. The van der Waals surface area contributed by atoms with Gasteiger partial charge in [-0.1, -0.05) is 33.3 Å². The van der Waals surface area contributed by atoms with E-state index < -0.39 is 15.7 Å². The lowest BCUT2D eigenvalue weighted by atomic mass is 10.2. The fraction of sp³-hybridized carbons (Fsp3) is 0.174. The van der Waals surface area contributed by atoms with Crippen molar-refractivity contribution >= 4 is 58.4 Å². The third-order valence-corrected chi connectivity index (χ3v) is 8.26. The molecule has 0 saturated carbocycles. The summed E-state index contributed by atoms with van der Waals surface area (Å²) in [6, 6.07) is 14.1. The first kappa shape index (κ1) is 23.5. The van der Waals surface area contributed by atoms with Crippen molar-refractivity contribution in [2.75, 3.05) is 10.7 Å². The molecule has 0 saturated heterocycles. The van der Waals surface area contributed by atoms with E-state index in [1.807, 2.05) is 24.3 Å². The van der Waals surface area contributed by atoms with Crippen LogP contribution < -0.4 is 4.90 Å².